The van der Waals surface area contributed by atoms with Crippen molar-refractivity contribution in [2.45, 2.75) is 0 Å². The van der Waals surface area contributed by atoms with E-state index in [1.807, 2.05) is 0 Å². The fourth-order valence-corrected chi connectivity index (χ4v) is 8.62. The summed E-state index contributed by atoms with van der Waals surface area (Å²) in [6.45, 7) is 0. The second-order valence-corrected chi connectivity index (χ2v) is 13.3. The Bertz CT molecular complexity index is 3100. The first-order chi connectivity index (χ1) is 24.3. The van der Waals surface area contributed by atoms with Crippen LogP contribution in [0, 0.1) is 0 Å². The van der Waals surface area contributed by atoms with Gasteiger partial charge in [-0.2, -0.15) is 0 Å². The molecule has 0 radical (unpaired) electrons. The highest BCUT2D eigenvalue weighted by atomic mass is 14.7. The average molecular weight is 620 g/mol. The summed E-state index contributed by atoms with van der Waals surface area (Å²) >= 11 is 0. The summed E-state index contributed by atoms with van der Waals surface area (Å²) in [5, 5.41) is 17.9. The van der Waals surface area contributed by atoms with Crippen molar-refractivity contribution in [3.05, 3.63) is 170 Å². The summed E-state index contributed by atoms with van der Waals surface area (Å²) in [5.41, 5.74) is 7.41. The first-order valence-electron chi connectivity index (χ1n) is 17.0. The molecule has 1 aromatic heterocycles. The number of benzene rings is 10. The maximum absolute atomic E-state index is 3.82. The number of rotatable bonds is 2. The number of H-pyrrole nitrogens is 1. The first kappa shape index (κ1) is 26.6. The molecule has 49 heavy (non-hydrogen) atoms. The van der Waals surface area contributed by atoms with Crippen molar-refractivity contribution in [2.24, 2.45) is 0 Å². The average Bonchev–Trinajstić information content (AvgIpc) is 3.56. The minimum Gasteiger partial charge on any atom is -0.354 e. The van der Waals surface area contributed by atoms with Crippen LogP contribution in [0.15, 0.2) is 170 Å². The fraction of sp³-hybridized carbons (Fsp3) is 0. The molecule has 11 aromatic rings. The number of hydrogen-bond acceptors (Lipinski definition) is 0. The molecule has 226 valence electrons. The Balaban J connectivity index is 1.21. The molecule has 1 nitrogen and oxygen atoms in total. The lowest BCUT2D eigenvalue weighted by atomic mass is 9.85. The lowest BCUT2D eigenvalue weighted by molar-refractivity contribution is 1.56. The van der Waals surface area contributed by atoms with Crippen molar-refractivity contribution in [3.8, 4) is 22.3 Å². The maximum atomic E-state index is 3.82. The van der Waals surface area contributed by atoms with E-state index in [2.05, 4.69) is 175 Å². The van der Waals surface area contributed by atoms with Crippen LogP contribution in [0.5, 0.6) is 0 Å². The molecule has 0 saturated carbocycles. The summed E-state index contributed by atoms with van der Waals surface area (Å²) in [7, 11) is 0. The van der Waals surface area contributed by atoms with E-state index >= 15 is 0 Å². The van der Waals surface area contributed by atoms with E-state index in [-0.39, 0.29) is 0 Å². The van der Waals surface area contributed by atoms with Crippen molar-refractivity contribution in [2.75, 3.05) is 0 Å². The molecule has 1 heterocycles. The Kier molecular flexibility index (Phi) is 5.45. The molecule has 10 aromatic carbocycles. The fourth-order valence-electron chi connectivity index (χ4n) is 8.62. The smallest absolute Gasteiger partial charge is 0.0551 e. The van der Waals surface area contributed by atoms with Gasteiger partial charge in [-0.1, -0.05) is 152 Å². The SMILES string of the molecule is c1ccc2c(c1)ccc1cc(-c3c4ccccc4c(-c4ccc5[nH]c6c7ccccc7c7ccccc7c6c5c4)c4ccccc34)ccc12. The summed E-state index contributed by atoms with van der Waals surface area (Å²) in [4.78, 5) is 3.82. The number of aromatic nitrogens is 1. The Morgan fingerprint density at radius 3 is 1.43 bits per heavy atom. The number of aromatic amines is 1. The lowest BCUT2D eigenvalue weighted by Crippen LogP contribution is -1.91. The molecule has 0 amide bonds. The predicted molar refractivity (Wildman–Crippen MR) is 212 cm³/mol. The second-order valence-electron chi connectivity index (χ2n) is 13.3. The van der Waals surface area contributed by atoms with Crippen LogP contribution in [0.2, 0.25) is 0 Å². The molecule has 11 rings (SSSR count). The van der Waals surface area contributed by atoms with Crippen molar-refractivity contribution in [1.29, 1.82) is 0 Å². The van der Waals surface area contributed by atoms with E-state index in [0.29, 0.717) is 0 Å². The largest absolute Gasteiger partial charge is 0.354 e. The zero-order valence-electron chi connectivity index (χ0n) is 26.7. The Hall–Kier alpha value is -6.44. The van der Waals surface area contributed by atoms with Crippen molar-refractivity contribution >= 4 is 86.4 Å². The lowest BCUT2D eigenvalue weighted by Gasteiger charge is -2.18. The molecule has 0 unspecified atom stereocenters. The minimum absolute atomic E-state index is 1.16. The van der Waals surface area contributed by atoms with Crippen LogP contribution in [0.3, 0.4) is 0 Å². The predicted octanol–water partition coefficient (Wildman–Crippen LogP) is 13.6. The van der Waals surface area contributed by atoms with Gasteiger partial charge in [0.25, 0.3) is 0 Å². The molecule has 0 bridgehead atoms. The molecule has 1 heteroatoms. The maximum Gasteiger partial charge on any atom is 0.0551 e. The summed E-state index contributed by atoms with van der Waals surface area (Å²) in [6.07, 6.45) is 0. The third-order valence-electron chi connectivity index (χ3n) is 10.7. The van der Waals surface area contributed by atoms with Crippen molar-refractivity contribution in [3.63, 3.8) is 0 Å². The quantitative estimate of drug-likeness (QED) is 0.146. The molecule has 1 N–H and O–H groups in total. The van der Waals surface area contributed by atoms with Gasteiger partial charge in [0.15, 0.2) is 0 Å². The van der Waals surface area contributed by atoms with Crippen LogP contribution >= 0.6 is 0 Å². The van der Waals surface area contributed by atoms with E-state index < -0.39 is 0 Å². The molecule has 0 aliphatic carbocycles. The van der Waals surface area contributed by atoms with Crippen LogP contribution < -0.4 is 0 Å². The van der Waals surface area contributed by atoms with Gasteiger partial charge in [0.1, 0.15) is 0 Å². The van der Waals surface area contributed by atoms with E-state index in [9.17, 15) is 0 Å². The van der Waals surface area contributed by atoms with E-state index in [1.54, 1.807) is 0 Å². The first-order valence-corrected chi connectivity index (χ1v) is 17.0. The van der Waals surface area contributed by atoms with Gasteiger partial charge in [-0.05, 0) is 99.7 Å². The molecule has 0 aliphatic rings. The van der Waals surface area contributed by atoms with E-state index in [0.717, 1.165) is 5.52 Å². The Morgan fingerprint density at radius 2 is 0.755 bits per heavy atom. The van der Waals surface area contributed by atoms with E-state index in [4.69, 9.17) is 0 Å². The summed E-state index contributed by atoms with van der Waals surface area (Å²) < 4.78 is 0. The van der Waals surface area contributed by atoms with E-state index in [1.165, 1.54) is 103 Å². The summed E-state index contributed by atoms with van der Waals surface area (Å²) in [5.74, 6) is 0. The number of nitrogens with one attached hydrogen (secondary N) is 1. The number of hydrogen-bond donors (Lipinski definition) is 1. The minimum atomic E-state index is 1.16. The zero-order chi connectivity index (χ0) is 32.1. The highest BCUT2D eigenvalue weighted by molar-refractivity contribution is 6.32. The summed E-state index contributed by atoms with van der Waals surface area (Å²) in [6, 6.07) is 62.7. The molecular weight excluding hydrogens is 591 g/mol. The number of fused-ring (bicyclic) bond motifs is 13. The van der Waals surface area contributed by atoms with Crippen molar-refractivity contribution in [1.82, 2.24) is 4.98 Å². The van der Waals surface area contributed by atoms with Gasteiger partial charge in [0.2, 0.25) is 0 Å². The molecular formula is C48H29N. The van der Waals surface area contributed by atoms with Gasteiger partial charge in [0, 0.05) is 21.7 Å². The van der Waals surface area contributed by atoms with Crippen LogP contribution in [0.4, 0.5) is 0 Å². The van der Waals surface area contributed by atoms with Gasteiger partial charge in [0.05, 0.1) is 5.52 Å². The Labute approximate surface area is 282 Å². The van der Waals surface area contributed by atoms with Crippen LogP contribution in [-0.2, 0) is 0 Å². The van der Waals surface area contributed by atoms with Gasteiger partial charge in [-0.25, -0.2) is 0 Å². The van der Waals surface area contributed by atoms with Gasteiger partial charge in [-0.15, -0.1) is 0 Å². The third-order valence-corrected chi connectivity index (χ3v) is 10.7. The topological polar surface area (TPSA) is 15.8 Å². The standard InChI is InChI=1S/C48H29N/c1-2-12-33-29(11-1)21-22-30-27-31(23-25-34(30)33)45-38-16-6-8-18-40(38)46(41-19-9-7-17-39(41)45)32-24-26-44-43(28-32)47-37-15-5-3-13-35(37)36-14-4-10-20-42(36)48(47)49-44/h1-28,49H. The molecule has 0 spiro atoms. The third kappa shape index (κ3) is 3.76. The zero-order valence-corrected chi connectivity index (χ0v) is 26.7. The normalized spacial score (nSPS) is 12.1. The molecule has 0 saturated heterocycles. The molecule has 0 aliphatic heterocycles. The van der Waals surface area contributed by atoms with Gasteiger partial charge in [-0.3, -0.25) is 0 Å². The van der Waals surface area contributed by atoms with Gasteiger partial charge < -0.3 is 4.98 Å². The van der Waals surface area contributed by atoms with Crippen molar-refractivity contribution < 1.29 is 0 Å². The second kappa shape index (κ2) is 10.0. The molecule has 0 fully saturated rings. The monoisotopic (exact) mass is 619 g/mol. The van der Waals surface area contributed by atoms with Crippen LogP contribution in [0.25, 0.3) is 109 Å². The highest BCUT2D eigenvalue weighted by Crippen LogP contribution is 2.46. The van der Waals surface area contributed by atoms with Crippen LogP contribution in [-0.4, -0.2) is 4.98 Å². The Morgan fingerprint density at radius 1 is 0.286 bits per heavy atom. The van der Waals surface area contributed by atoms with Gasteiger partial charge >= 0.3 is 0 Å². The molecule has 0 atom stereocenters. The van der Waals surface area contributed by atoms with Crippen LogP contribution in [0.1, 0.15) is 0 Å². The highest BCUT2D eigenvalue weighted by Gasteiger charge is 2.19.